The van der Waals surface area contributed by atoms with Gasteiger partial charge in [0.05, 0.1) is 27.0 Å². The summed E-state index contributed by atoms with van der Waals surface area (Å²) in [7, 11) is 6.85. The van der Waals surface area contributed by atoms with Gasteiger partial charge in [-0.25, -0.2) is 0 Å². The molecule has 0 spiro atoms. The van der Waals surface area contributed by atoms with Crippen LogP contribution < -0.4 is 24.8 Å². The fourth-order valence-electron chi connectivity index (χ4n) is 3.67. The minimum Gasteiger partial charge on any atom is -0.493 e. The molecule has 0 aliphatic rings. The molecule has 0 radical (unpaired) electrons. The summed E-state index contributed by atoms with van der Waals surface area (Å²) in [6, 6.07) is 4.10. The Hall–Kier alpha value is -2.17. The van der Waals surface area contributed by atoms with Crippen LogP contribution in [0.1, 0.15) is 36.4 Å². The van der Waals surface area contributed by atoms with Crippen molar-refractivity contribution >= 4 is 29.9 Å². The number of nitrogens with zero attached hydrogens (tertiary/aromatic N) is 3. The van der Waals surface area contributed by atoms with E-state index in [9.17, 15) is 0 Å². The number of aliphatic imine (C=N–C) groups is 1. The predicted octanol–water partition coefficient (Wildman–Crippen LogP) is 3.41. The van der Waals surface area contributed by atoms with Gasteiger partial charge in [-0.15, -0.1) is 24.0 Å². The molecule has 2 rings (SSSR count). The quantitative estimate of drug-likeness (QED) is 0.264. The normalized spacial score (nSPS) is 12.1. The lowest BCUT2D eigenvalue weighted by Gasteiger charge is -2.18. The maximum atomic E-state index is 5.58. The van der Waals surface area contributed by atoms with Crippen LogP contribution in [0.15, 0.2) is 17.1 Å². The van der Waals surface area contributed by atoms with Crippen molar-refractivity contribution in [3.05, 3.63) is 34.6 Å². The Morgan fingerprint density at radius 1 is 1.12 bits per heavy atom. The van der Waals surface area contributed by atoms with Gasteiger partial charge in [0.1, 0.15) is 0 Å². The second-order valence-corrected chi connectivity index (χ2v) is 7.53. The first kappa shape index (κ1) is 27.9. The molecule has 0 bridgehead atoms. The summed E-state index contributed by atoms with van der Waals surface area (Å²) in [5.74, 6) is 2.74. The maximum Gasteiger partial charge on any atom is 0.203 e. The van der Waals surface area contributed by atoms with Gasteiger partial charge in [0.25, 0.3) is 0 Å². The average Bonchev–Trinajstić information content (AvgIpc) is 2.99. The molecule has 1 atom stereocenters. The average molecular weight is 559 g/mol. The van der Waals surface area contributed by atoms with E-state index >= 15 is 0 Å². The SMILES string of the molecule is CCNC(=NCCc1ccc(OC)c(OC)c1OC)NC(C)Cc1c(C)nn(C)c1C.I. The zero-order chi connectivity index (χ0) is 23.0. The minimum atomic E-state index is 0. The Bertz CT molecular complexity index is 898. The highest BCUT2D eigenvalue weighted by Gasteiger charge is 2.16. The highest BCUT2D eigenvalue weighted by Crippen LogP contribution is 2.39. The number of hydrogen-bond donors (Lipinski definition) is 2. The van der Waals surface area contributed by atoms with Gasteiger partial charge in [-0.2, -0.15) is 5.10 Å². The third kappa shape index (κ3) is 6.91. The molecule has 0 saturated carbocycles. The molecule has 2 aromatic rings. The third-order valence-electron chi connectivity index (χ3n) is 5.33. The van der Waals surface area contributed by atoms with Crippen LogP contribution in [0, 0.1) is 13.8 Å². The van der Waals surface area contributed by atoms with E-state index in [1.165, 1.54) is 11.3 Å². The molecule has 0 aliphatic heterocycles. The van der Waals surface area contributed by atoms with Crippen LogP contribution in [0.2, 0.25) is 0 Å². The highest BCUT2D eigenvalue weighted by atomic mass is 127. The van der Waals surface area contributed by atoms with Gasteiger partial charge in [0.15, 0.2) is 17.5 Å². The van der Waals surface area contributed by atoms with Crippen molar-refractivity contribution < 1.29 is 14.2 Å². The number of ether oxygens (including phenoxy) is 3. The van der Waals surface area contributed by atoms with Gasteiger partial charge >= 0.3 is 0 Å². The van der Waals surface area contributed by atoms with E-state index in [1.54, 1.807) is 21.3 Å². The summed E-state index contributed by atoms with van der Waals surface area (Å²) >= 11 is 0. The second kappa shape index (κ2) is 13.4. The third-order valence-corrected chi connectivity index (χ3v) is 5.33. The van der Waals surface area contributed by atoms with Crippen LogP contribution in [0.3, 0.4) is 0 Å². The maximum absolute atomic E-state index is 5.58. The zero-order valence-electron chi connectivity index (χ0n) is 20.5. The van der Waals surface area contributed by atoms with Crippen LogP contribution in [0.25, 0.3) is 0 Å². The summed E-state index contributed by atoms with van der Waals surface area (Å²) in [5.41, 5.74) is 4.59. The van der Waals surface area contributed by atoms with Crippen molar-refractivity contribution in [2.24, 2.45) is 12.0 Å². The van der Waals surface area contributed by atoms with Gasteiger partial charge in [-0.3, -0.25) is 9.67 Å². The first-order valence-corrected chi connectivity index (χ1v) is 10.7. The van der Waals surface area contributed by atoms with Crippen LogP contribution in [0.5, 0.6) is 17.2 Å². The van der Waals surface area contributed by atoms with Gasteiger partial charge in [0, 0.05) is 37.4 Å². The van der Waals surface area contributed by atoms with Crippen LogP contribution in [-0.4, -0.2) is 56.2 Å². The van der Waals surface area contributed by atoms with Crippen molar-refractivity contribution in [3.63, 3.8) is 0 Å². The molecular formula is C23H38IN5O3. The van der Waals surface area contributed by atoms with Crippen molar-refractivity contribution in [1.82, 2.24) is 20.4 Å². The molecule has 0 fully saturated rings. The van der Waals surface area contributed by atoms with Crippen LogP contribution >= 0.6 is 24.0 Å². The smallest absolute Gasteiger partial charge is 0.203 e. The molecule has 32 heavy (non-hydrogen) atoms. The van der Waals surface area contributed by atoms with E-state index in [0.29, 0.717) is 23.8 Å². The summed E-state index contributed by atoms with van der Waals surface area (Å²) in [6.07, 6.45) is 1.61. The summed E-state index contributed by atoms with van der Waals surface area (Å²) in [6.45, 7) is 9.80. The molecule has 180 valence electrons. The van der Waals surface area contributed by atoms with Crippen LogP contribution in [-0.2, 0) is 19.9 Å². The molecule has 9 heteroatoms. The topological polar surface area (TPSA) is 81.9 Å². The number of benzene rings is 1. The Kier molecular flexibility index (Phi) is 11.7. The molecule has 1 aromatic heterocycles. The van der Waals surface area contributed by atoms with Crippen molar-refractivity contribution in [3.8, 4) is 17.2 Å². The monoisotopic (exact) mass is 559 g/mol. The number of aryl methyl sites for hydroxylation is 2. The largest absolute Gasteiger partial charge is 0.493 e. The highest BCUT2D eigenvalue weighted by molar-refractivity contribution is 14.0. The van der Waals surface area contributed by atoms with Crippen LogP contribution in [0.4, 0.5) is 0 Å². The van der Waals surface area contributed by atoms with Gasteiger partial charge < -0.3 is 24.8 Å². The number of hydrogen-bond acceptors (Lipinski definition) is 5. The summed E-state index contributed by atoms with van der Waals surface area (Å²) in [5, 5.41) is 11.4. The molecule has 1 heterocycles. The van der Waals surface area contributed by atoms with E-state index in [2.05, 4.69) is 43.4 Å². The molecule has 2 N–H and O–H groups in total. The van der Waals surface area contributed by atoms with E-state index in [0.717, 1.165) is 36.6 Å². The lowest BCUT2D eigenvalue weighted by Crippen LogP contribution is -2.43. The first-order chi connectivity index (χ1) is 14.9. The number of rotatable bonds is 10. The molecule has 0 aliphatic carbocycles. The first-order valence-electron chi connectivity index (χ1n) is 10.7. The van der Waals surface area contributed by atoms with Gasteiger partial charge in [-0.05, 0) is 52.2 Å². The fraction of sp³-hybridized carbons (Fsp3) is 0.565. The second-order valence-electron chi connectivity index (χ2n) is 7.53. The van der Waals surface area contributed by atoms with E-state index in [4.69, 9.17) is 19.2 Å². The molecular weight excluding hydrogens is 521 g/mol. The van der Waals surface area contributed by atoms with Crippen molar-refractivity contribution in [2.45, 2.75) is 46.6 Å². The molecule has 8 nitrogen and oxygen atoms in total. The summed E-state index contributed by atoms with van der Waals surface area (Å²) < 4.78 is 18.4. The molecule has 1 unspecified atom stereocenters. The minimum absolute atomic E-state index is 0. The molecule has 0 amide bonds. The Balaban J connectivity index is 0.00000512. The Morgan fingerprint density at radius 3 is 2.34 bits per heavy atom. The molecule has 0 saturated heterocycles. The number of nitrogens with one attached hydrogen (secondary N) is 2. The fourth-order valence-corrected chi connectivity index (χ4v) is 3.67. The zero-order valence-corrected chi connectivity index (χ0v) is 22.9. The number of halogens is 1. The number of methoxy groups -OCH3 is 3. The Labute approximate surface area is 209 Å². The lowest BCUT2D eigenvalue weighted by atomic mass is 10.1. The molecule has 1 aromatic carbocycles. The number of aromatic nitrogens is 2. The van der Waals surface area contributed by atoms with Crippen molar-refractivity contribution in [2.75, 3.05) is 34.4 Å². The van der Waals surface area contributed by atoms with E-state index < -0.39 is 0 Å². The van der Waals surface area contributed by atoms with E-state index in [-0.39, 0.29) is 30.0 Å². The van der Waals surface area contributed by atoms with Crippen molar-refractivity contribution in [1.29, 1.82) is 0 Å². The predicted molar refractivity (Wildman–Crippen MR) is 140 cm³/mol. The van der Waals surface area contributed by atoms with E-state index in [1.807, 2.05) is 23.9 Å². The Morgan fingerprint density at radius 2 is 1.81 bits per heavy atom. The standard InChI is InChI=1S/C23H37N5O3.HI/c1-9-24-23(26-15(2)14-19-16(3)27-28(5)17(19)4)25-13-12-18-10-11-20(29-6)22(31-8)21(18)30-7;/h10-11,15H,9,12-14H2,1-8H3,(H2,24,25,26);1H. The van der Waals surface area contributed by atoms with Gasteiger partial charge in [0.2, 0.25) is 5.75 Å². The number of guanidine groups is 1. The lowest BCUT2D eigenvalue weighted by molar-refractivity contribution is 0.322. The summed E-state index contributed by atoms with van der Waals surface area (Å²) in [4.78, 5) is 4.76. The van der Waals surface area contributed by atoms with Gasteiger partial charge in [-0.1, -0.05) is 6.07 Å².